The van der Waals surface area contributed by atoms with Gasteiger partial charge < -0.3 is 10.2 Å². The van der Waals surface area contributed by atoms with Gasteiger partial charge in [-0.3, -0.25) is 14.5 Å². The van der Waals surface area contributed by atoms with Gasteiger partial charge in [-0.05, 0) is 44.4 Å². The first-order valence-corrected chi connectivity index (χ1v) is 12.0. The molecule has 0 aliphatic carbocycles. The lowest BCUT2D eigenvalue weighted by atomic mass is 9.75. The number of piperidine rings is 1. The molecule has 2 saturated heterocycles. The normalized spacial score (nSPS) is 22.8. The highest BCUT2D eigenvalue weighted by molar-refractivity contribution is 7.09. The fourth-order valence-electron chi connectivity index (χ4n) is 4.62. The number of carbonyl (C=O) groups is 3. The zero-order valence-electron chi connectivity index (χ0n) is 18.6. The van der Waals surface area contributed by atoms with E-state index in [4.69, 9.17) is 0 Å². The summed E-state index contributed by atoms with van der Waals surface area (Å²) in [5.41, 5.74) is 1.92. The predicted molar refractivity (Wildman–Crippen MR) is 117 cm³/mol. The summed E-state index contributed by atoms with van der Waals surface area (Å²) >= 11 is 1.56. The average Bonchev–Trinajstić information content (AvgIpc) is 3.25. The second-order valence-corrected chi connectivity index (χ2v) is 9.85. The van der Waals surface area contributed by atoms with E-state index < -0.39 is 5.54 Å². The molecule has 1 N–H and O–H groups in total. The molecule has 3 rings (SSSR count). The van der Waals surface area contributed by atoms with Crippen molar-refractivity contribution < 1.29 is 14.4 Å². The number of likely N-dealkylation sites (tertiary alicyclic amines) is 1. The van der Waals surface area contributed by atoms with E-state index in [0.29, 0.717) is 44.8 Å². The number of thiazole rings is 1. The zero-order chi connectivity index (χ0) is 21.9. The minimum atomic E-state index is -0.840. The van der Waals surface area contributed by atoms with E-state index in [1.165, 1.54) is 4.90 Å². The highest BCUT2D eigenvalue weighted by atomic mass is 32.1. The lowest BCUT2D eigenvalue weighted by molar-refractivity contribution is -0.136. The molecule has 0 unspecified atom stereocenters. The van der Waals surface area contributed by atoms with Gasteiger partial charge in [-0.1, -0.05) is 20.8 Å². The molecule has 0 aromatic carbocycles. The number of hydrogen-bond donors (Lipinski definition) is 1. The monoisotopic (exact) mass is 434 g/mol. The molecule has 30 heavy (non-hydrogen) atoms. The molecule has 1 aromatic rings. The summed E-state index contributed by atoms with van der Waals surface area (Å²) in [5, 5.41) is 3.04. The fraction of sp³-hybridized carbons (Fsp3) is 0.727. The number of nitrogens with one attached hydrogen (secondary N) is 1. The van der Waals surface area contributed by atoms with Gasteiger partial charge in [0.15, 0.2) is 0 Å². The summed E-state index contributed by atoms with van der Waals surface area (Å²) in [6, 6.07) is -0.292. The Morgan fingerprint density at radius 2 is 2.03 bits per heavy atom. The van der Waals surface area contributed by atoms with Crippen LogP contribution < -0.4 is 5.32 Å². The topological polar surface area (TPSA) is 82.6 Å². The zero-order valence-corrected chi connectivity index (χ0v) is 19.4. The van der Waals surface area contributed by atoms with Crippen molar-refractivity contribution in [2.24, 2.45) is 11.8 Å². The summed E-state index contributed by atoms with van der Waals surface area (Å²) in [6.45, 7) is 9.86. The SMILES string of the molecule is CC[C@]1(C2CCN(C(=O)CCC(C)C)CC2)NC(=O)N(CCc2scnc2C)C1=O. The van der Waals surface area contributed by atoms with Crippen LogP contribution in [0, 0.1) is 18.8 Å². The third kappa shape index (κ3) is 4.53. The van der Waals surface area contributed by atoms with Crippen LogP contribution in [-0.4, -0.2) is 57.8 Å². The maximum absolute atomic E-state index is 13.4. The number of aryl methyl sites for hydroxylation is 1. The van der Waals surface area contributed by atoms with Crippen molar-refractivity contribution in [1.82, 2.24) is 20.1 Å². The molecule has 7 nitrogen and oxygen atoms in total. The Labute approximate surface area is 183 Å². The van der Waals surface area contributed by atoms with Crippen LogP contribution >= 0.6 is 11.3 Å². The third-order valence-corrected chi connectivity index (χ3v) is 7.64. The Balaban J connectivity index is 1.61. The standard InChI is InChI=1S/C22H34N4O3S/c1-5-22(17-8-11-25(12-9-17)19(27)7-6-15(2)3)20(28)26(21(29)24-22)13-10-18-16(4)23-14-30-18/h14-15,17H,5-13H2,1-4H3,(H,24,29)/t22-/m1/s1. The van der Waals surface area contributed by atoms with Crippen LogP contribution in [0.3, 0.4) is 0 Å². The van der Waals surface area contributed by atoms with Crippen LogP contribution in [0.2, 0.25) is 0 Å². The van der Waals surface area contributed by atoms with E-state index in [9.17, 15) is 14.4 Å². The molecule has 2 aliphatic heterocycles. The van der Waals surface area contributed by atoms with Gasteiger partial charge in [0.2, 0.25) is 5.91 Å². The van der Waals surface area contributed by atoms with E-state index in [1.807, 2.05) is 18.7 Å². The lowest BCUT2D eigenvalue weighted by Crippen LogP contribution is -2.56. The van der Waals surface area contributed by atoms with Gasteiger partial charge in [0.1, 0.15) is 5.54 Å². The molecule has 2 fully saturated rings. The van der Waals surface area contributed by atoms with E-state index in [1.54, 1.807) is 16.8 Å². The largest absolute Gasteiger partial charge is 0.343 e. The third-order valence-electron chi connectivity index (χ3n) is 6.65. The van der Waals surface area contributed by atoms with Gasteiger partial charge in [0, 0.05) is 37.4 Å². The van der Waals surface area contributed by atoms with Crippen LogP contribution in [0.5, 0.6) is 0 Å². The molecule has 2 aliphatic rings. The Morgan fingerprint density at radius 3 is 2.60 bits per heavy atom. The first-order valence-electron chi connectivity index (χ1n) is 11.1. The second-order valence-electron chi connectivity index (χ2n) is 8.91. The van der Waals surface area contributed by atoms with Crippen molar-refractivity contribution in [1.29, 1.82) is 0 Å². The molecule has 166 valence electrons. The molecule has 4 amide bonds. The van der Waals surface area contributed by atoms with Gasteiger partial charge in [0.25, 0.3) is 5.91 Å². The maximum atomic E-state index is 13.4. The molecule has 0 radical (unpaired) electrons. The van der Waals surface area contributed by atoms with Crippen LogP contribution in [0.1, 0.15) is 63.4 Å². The van der Waals surface area contributed by atoms with E-state index in [0.717, 1.165) is 29.8 Å². The number of hydrogen-bond acceptors (Lipinski definition) is 5. The predicted octanol–water partition coefficient (Wildman–Crippen LogP) is 3.37. The summed E-state index contributed by atoms with van der Waals surface area (Å²) in [4.78, 5) is 47.1. The molecule has 0 bridgehead atoms. The molecular formula is C22H34N4O3S. The second kappa shape index (κ2) is 9.45. The number of imide groups is 1. The average molecular weight is 435 g/mol. The smallest absolute Gasteiger partial charge is 0.325 e. The summed E-state index contributed by atoms with van der Waals surface area (Å²) in [6.07, 6.45) is 4.18. The van der Waals surface area contributed by atoms with E-state index in [2.05, 4.69) is 24.1 Å². The molecule has 8 heteroatoms. The fourth-order valence-corrected chi connectivity index (χ4v) is 5.39. The highest BCUT2D eigenvalue weighted by Crippen LogP contribution is 2.36. The van der Waals surface area contributed by atoms with E-state index >= 15 is 0 Å². The van der Waals surface area contributed by atoms with Crippen molar-refractivity contribution in [3.8, 4) is 0 Å². The first kappa shape index (κ1) is 22.7. The molecule has 0 spiro atoms. The van der Waals surface area contributed by atoms with Crippen LogP contribution in [0.15, 0.2) is 5.51 Å². The number of aromatic nitrogens is 1. The van der Waals surface area contributed by atoms with Crippen LogP contribution in [0.4, 0.5) is 4.79 Å². The first-order chi connectivity index (χ1) is 14.3. The highest BCUT2D eigenvalue weighted by Gasteiger charge is 2.54. The number of carbonyl (C=O) groups excluding carboxylic acids is 3. The number of rotatable bonds is 8. The van der Waals surface area contributed by atoms with Crippen molar-refractivity contribution in [3.63, 3.8) is 0 Å². The van der Waals surface area contributed by atoms with Gasteiger partial charge in [-0.2, -0.15) is 0 Å². The number of urea groups is 1. The lowest BCUT2D eigenvalue weighted by Gasteiger charge is -2.40. The minimum absolute atomic E-state index is 0.0586. The molecule has 1 aromatic heterocycles. The minimum Gasteiger partial charge on any atom is -0.343 e. The summed E-state index contributed by atoms with van der Waals surface area (Å²) in [5.74, 6) is 0.668. The summed E-state index contributed by atoms with van der Waals surface area (Å²) in [7, 11) is 0. The quantitative estimate of drug-likeness (QED) is 0.636. The van der Waals surface area contributed by atoms with Crippen molar-refractivity contribution >= 4 is 29.2 Å². The summed E-state index contributed by atoms with van der Waals surface area (Å²) < 4.78 is 0. The van der Waals surface area contributed by atoms with Crippen molar-refractivity contribution in [3.05, 3.63) is 16.1 Å². The number of nitrogens with zero attached hydrogens (tertiary/aromatic N) is 3. The molecule has 3 heterocycles. The number of amides is 4. The van der Waals surface area contributed by atoms with Gasteiger partial charge in [0.05, 0.1) is 11.2 Å². The van der Waals surface area contributed by atoms with Crippen molar-refractivity contribution in [2.75, 3.05) is 19.6 Å². The van der Waals surface area contributed by atoms with E-state index in [-0.39, 0.29) is 23.8 Å². The molecular weight excluding hydrogens is 400 g/mol. The maximum Gasteiger partial charge on any atom is 0.325 e. The van der Waals surface area contributed by atoms with Gasteiger partial charge in [-0.15, -0.1) is 11.3 Å². The van der Waals surface area contributed by atoms with Gasteiger partial charge >= 0.3 is 6.03 Å². The molecule has 1 atom stereocenters. The Bertz CT molecular complexity index is 785. The van der Waals surface area contributed by atoms with Crippen LogP contribution in [-0.2, 0) is 16.0 Å². The molecule has 0 saturated carbocycles. The van der Waals surface area contributed by atoms with Gasteiger partial charge in [-0.25, -0.2) is 9.78 Å². The van der Waals surface area contributed by atoms with Crippen LogP contribution in [0.25, 0.3) is 0 Å². The Hall–Kier alpha value is -1.96. The Morgan fingerprint density at radius 1 is 1.33 bits per heavy atom. The van der Waals surface area contributed by atoms with Crippen molar-refractivity contribution in [2.45, 2.75) is 71.8 Å². The Kier molecular flexibility index (Phi) is 7.16.